The molecule has 0 heterocycles. The number of aromatic hydroxyl groups is 2. The van der Waals surface area contributed by atoms with E-state index in [-0.39, 0.29) is 24.5 Å². The van der Waals surface area contributed by atoms with E-state index in [4.69, 9.17) is 4.74 Å². The molecule has 7 heteroatoms. The molecular formula is C25H32O7. The Balaban J connectivity index is 2.54. The fourth-order valence-corrected chi connectivity index (χ4v) is 3.21. The molecule has 2 aromatic carbocycles. The highest BCUT2D eigenvalue weighted by Gasteiger charge is 2.16. The molecule has 0 spiro atoms. The normalized spacial score (nSPS) is 15.8. The maximum atomic E-state index is 10.5. The summed E-state index contributed by atoms with van der Waals surface area (Å²) in [4.78, 5) is 0. The van der Waals surface area contributed by atoms with Crippen molar-refractivity contribution in [1.82, 2.24) is 0 Å². The van der Waals surface area contributed by atoms with Crippen molar-refractivity contribution in [3.8, 4) is 11.5 Å². The Kier molecular flexibility index (Phi) is 9.43. The standard InChI is InChI=1S/C25H32O7/c1-15(26)22(28)10-7-17-5-4-6-24(30)20(17)13-18-8-11-25(31)21(14-32-3)19(18)9-12-23(29)16(2)27/h4-12,15-16,22-23,26-31H,13-14H2,1-3H3/b10-7+,12-9+/t15-,16-,22+,23+/m0/s1. The summed E-state index contributed by atoms with van der Waals surface area (Å²) in [6.45, 7) is 3.07. The van der Waals surface area contributed by atoms with E-state index in [1.165, 1.54) is 33.1 Å². The highest BCUT2D eigenvalue weighted by atomic mass is 16.5. The number of hydrogen-bond acceptors (Lipinski definition) is 7. The molecular weight excluding hydrogens is 412 g/mol. The van der Waals surface area contributed by atoms with Crippen LogP contribution in [0.15, 0.2) is 42.5 Å². The first kappa shape index (κ1) is 25.6. The molecule has 0 saturated heterocycles. The number of hydrogen-bond donors (Lipinski definition) is 6. The van der Waals surface area contributed by atoms with Crippen molar-refractivity contribution in [3.05, 3.63) is 70.3 Å². The first-order valence-corrected chi connectivity index (χ1v) is 10.4. The van der Waals surface area contributed by atoms with E-state index >= 15 is 0 Å². The van der Waals surface area contributed by atoms with Gasteiger partial charge in [-0.2, -0.15) is 0 Å². The van der Waals surface area contributed by atoms with Crippen molar-refractivity contribution >= 4 is 12.2 Å². The van der Waals surface area contributed by atoms with Crippen LogP contribution in [0, 0.1) is 0 Å². The molecule has 0 aliphatic heterocycles. The number of benzene rings is 2. The van der Waals surface area contributed by atoms with Crippen LogP contribution in [-0.4, -0.2) is 62.2 Å². The minimum Gasteiger partial charge on any atom is -0.508 e. The van der Waals surface area contributed by atoms with Crippen LogP contribution in [0.2, 0.25) is 0 Å². The molecule has 0 aromatic heterocycles. The number of aliphatic hydroxyl groups is 4. The number of methoxy groups -OCH3 is 1. The first-order chi connectivity index (χ1) is 15.1. The van der Waals surface area contributed by atoms with Crippen LogP contribution < -0.4 is 0 Å². The van der Waals surface area contributed by atoms with Gasteiger partial charge in [0.25, 0.3) is 0 Å². The molecule has 32 heavy (non-hydrogen) atoms. The minimum absolute atomic E-state index is 0.0271. The molecule has 0 unspecified atom stereocenters. The molecule has 0 aliphatic rings. The van der Waals surface area contributed by atoms with E-state index in [0.717, 1.165) is 5.56 Å². The third-order valence-electron chi connectivity index (χ3n) is 5.19. The van der Waals surface area contributed by atoms with Crippen molar-refractivity contribution in [2.45, 2.75) is 51.3 Å². The summed E-state index contributed by atoms with van der Waals surface area (Å²) in [6.07, 6.45) is 2.38. The second kappa shape index (κ2) is 11.8. The van der Waals surface area contributed by atoms with Gasteiger partial charge in [0, 0.05) is 24.7 Å². The van der Waals surface area contributed by atoms with Crippen molar-refractivity contribution in [2.24, 2.45) is 0 Å². The predicted molar refractivity (Wildman–Crippen MR) is 123 cm³/mol. The van der Waals surface area contributed by atoms with E-state index in [2.05, 4.69) is 0 Å². The summed E-state index contributed by atoms with van der Waals surface area (Å²) in [5.41, 5.74) is 3.10. The number of ether oxygens (including phenoxy) is 1. The second-order valence-electron chi connectivity index (χ2n) is 7.77. The molecule has 4 atom stereocenters. The van der Waals surface area contributed by atoms with Crippen LogP contribution in [0.25, 0.3) is 12.2 Å². The van der Waals surface area contributed by atoms with Gasteiger partial charge in [0.1, 0.15) is 11.5 Å². The van der Waals surface area contributed by atoms with Gasteiger partial charge in [0.05, 0.1) is 31.0 Å². The summed E-state index contributed by atoms with van der Waals surface area (Å²) >= 11 is 0. The van der Waals surface area contributed by atoms with E-state index in [9.17, 15) is 30.6 Å². The Hall–Kier alpha value is -2.68. The molecule has 6 N–H and O–H groups in total. The van der Waals surface area contributed by atoms with Crippen LogP contribution in [-0.2, 0) is 17.8 Å². The number of aliphatic hydroxyl groups excluding tert-OH is 4. The Labute approximate surface area is 188 Å². The predicted octanol–water partition coefficient (Wildman–Crippen LogP) is 2.34. The van der Waals surface area contributed by atoms with Gasteiger partial charge in [-0.25, -0.2) is 0 Å². The lowest BCUT2D eigenvalue weighted by molar-refractivity contribution is 0.0624. The first-order valence-electron chi connectivity index (χ1n) is 10.4. The number of phenols is 2. The van der Waals surface area contributed by atoms with Crippen molar-refractivity contribution in [3.63, 3.8) is 0 Å². The third-order valence-corrected chi connectivity index (χ3v) is 5.19. The lowest BCUT2D eigenvalue weighted by atomic mass is 9.91. The van der Waals surface area contributed by atoms with Gasteiger partial charge in [0.15, 0.2) is 0 Å². The Morgan fingerprint density at radius 3 is 2.00 bits per heavy atom. The summed E-state index contributed by atoms with van der Waals surface area (Å²) in [5.74, 6) is 0.0817. The maximum absolute atomic E-state index is 10.5. The molecule has 0 radical (unpaired) electrons. The average Bonchev–Trinajstić information content (AvgIpc) is 2.74. The van der Waals surface area contributed by atoms with Crippen LogP contribution in [0.4, 0.5) is 0 Å². The zero-order chi connectivity index (χ0) is 23.8. The van der Waals surface area contributed by atoms with Crippen molar-refractivity contribution in [2.75, 3.05) is 7.11 Å². The Morgan fingerprint density at radius 1 is 0.812 bits per heavy atom. The van der Waals surface area contributed by atoms with Crippen LogP contribution >= 0.6 is 0 Å². The fourth-order valence-electron chi connectivity index (χ4n) is 3.21. The lowest BCUT2D eigenvalue weighted by Gasteiger charge is -2.17. The maximum Gasteiger partial charge on any atom is 0.121 e. The number of rotatable bonds is 10. The van der Waals surface area contributed by atoms with E-state index in [0.29, 0.717) is 22.3 Å². The van der Waals surface area contributed by atoms with E-state index in [1.807, 2.05) is 0 Å². The Bertz CT molecular complexity index is 948. The quantitative estimate of drug-likeness (QED) is 0.332. The Morgan fingerprint density at radius 2 is 1.41 bits per heavy atom. The molecule has 0 fully saturated rings. The topological polar surface area (TPSA) is 131 Å². The summed E-state index contributed by atoms with van der Waals surface area (Å²) in [5, 5.41) is 59.9. The van der Waals surface area contributed by atoms with Gasteiger partial charge < -0.3 is 35.4 Å². The monoisotopic (exact) mass is 444 g/mol. The van der Waals surface area contributed by atoms with Crippen LogP contribution in [0.5, 0.6) is 11.5 Å². The molecule has 7 nitrogen and oxygen atoms in total. The minimum atomic E-state index is -1.09. The average molecular weight is 445 g/mol. The highest BCUT2D eigenvalue weighted by molar-refractivity contribution is 5.65. The smallest absolute Gasteiger partial charge is 0.121 e. The summed E-state index contributed by atoms with van der Waals surface area (Å²) in [6, 6.07) is 8.27. The van der Waals surface area contributed by atoms with Crippen molar-refractivity contribution < 1.29 is 35.4 Å². The largest absolute Gasteiger partial charge is 0.508 e. The van der Waals surface area contributed by atoms with E-state index < -0.39 is 24.4 Å². The lowest BCUT2D eigenvalue weighted by Crippen LogP contribution is -2.19. The number of phenolic OH excluding ortho intramolecular Hbond substituents is 2. The van der Waals surface area contributed by atoms with Gasteiger partial charge in [-0.3, -0.25) is 0 Å². The summed E-state index contributed by atoms with van der Waals surface area (Å²) in [7, 11) is 1.50. The van der Waals surface area contributed by atoms with Crippen molar-refractivity contribution in [1.29, 1.82) is 0 Å². The molecule has 2 aromatic rings. The van der Waals surface area contributed by atoms with Gasteiger partial charge in [-0.05, 0) is 42.7 Å². The van der Waals surface area contributed by atoms with E-state index in [1.54, 1.807) is 42.5 Å². The van der Waals surface area contributed by atoms with Crippen LogP contribution in [0.3, 0.4) is 0 Å². The van der Waals surface area contributed by atoms with Gasteiger partial charge in [-0.1, -0.05) is 42.5 Å². The van der Waals surface area contributed by atoms with Gasteiger partial charge >= 0.3 is 0 Å². The zero-order valence-electron chi connectivity index (χ0n) is 18.5. The second-order valence-corrected chi connectivity index (χ2v) is 7.77. The zero-order valence-corrected chi connectivity index (χ0v) is 18.5. The van der Waals surface area contributed by atoms with Crippen LogP contribution in [0.1, 0.15) is 41.7 Å². The summed E-state index contributed by atoms with van der Waals surface area (Å²) < 4.78 is 5.23. The van der Waals surface area contributed by atoms with Gasteiger partial charge in [-0.15, -0.1) is 0 Å². The fraction of sp³-hybridized carbons (Fsp3) is 0.360. The SMILES string of the molecule is COCc1c(O)ccc(Cc2c(O)cccc2/C=C/[C@@H](O)[C@H](C)O)c1/C=C/[C@@H](O)[C@H](C)O. The molecule has 0 amide bonds. The molecule has 2 rings (SSSR count). The third kappa shape index (κ3) is 6.66. The molecule has 0 aliphatic carbocycles. The molecule has 174 valence electrons. The highest BCUT2D eigenvalue weighted by Crippen LogP contribution is 2.32. The van der Waals surface area contributed by atoms with Gasteiger partial charge in [0.2, 0.25) is 0 Å². The molecule has 0 bridgehead atoms. The molecule has 0 saturated carbocycles.